The highest BCUT2D eigenvalue weighted by Crippen LogP contribution is 2.62. The highest BCUT2D eigenvalue weighted by molar-refractivity contribution is 5.82. The van der Waals surface area contributed by atoms with Gasteiger partial charge in [-0.25, -0.2) is 0 Å². The lowest BCUT2D eigenvalue weighted by molar-refractivity contribution is -0.131. The first-order valence-corrected chi connectivity index (χ1v) is 8.21. The molecule has 0 aliphatic heterocycles. The van der Waals surface area contributed by atoms with E-state index in [-0.39, 0.29) is 16.7 Å². The Balaban J connectivity index is 2.06. The number of carbonyl (C=O) groups is 1. The van der Waals surface area contributed by atoms with Crippen LogP contribution in [0, 0.1) is 34.5 Å². The second kappa shape index (κ2) is 4.76. The number of hydrogen-bond donors (Lipinski definition) is 0. The van der Waals surface area contributed by atoms with Crippen LogP contribution in [0.4, 0.5) is 0 Å². The number of Topliss-reactive ketones (excluding diaryl/α,β-unsaturated/α-hetero) is 1. The van der Waals surface area contributed by atoms with Crippen molar-refractivity contribution in [2.75, 3.05) is 0 Å². The van der Waals surface area contributed by atoms with Crippen LogP contribution in [0.2, 0.25) is 0 Å². The molecule has 0 radical (unpaired) electrons. The SMILES string of the molecule is CC#CC12CCCC=C1C1(C)CCC(=O)C(C)C1CC2. The first-order chi connectivity index (χ1) is 9.53. The Morgan fingerprint density at radius 3 is 2.85 bits per heavy atom. The molecule has 0 aromatic heterocycles. The van der Waals surface area contributed by atoms with Gasteiger partial charge in [0.25, 0.3) is 0 Å². The Labute approximate surface area is 123 Å². The molecule has 0 heterocycles. The predicted octanol–water partition coefficient (Wildman–Crippen LogP) is 4.52. The van der Waals surface area contributed by atoms with Gasteiger partial charge >= 0.3 is 0 Å². The Morgan fingerprint density at radius 2 is 2.10 bits per heavy atom. The third-order valence-corrected chi connectivity index (χ3v) is 6.35. The summed E-state index contributed by atoms with van der Waals surface area (Å²) in [5.74, 6) is 8.05. The summed E-state index contributed by atoms with van der Waals surface area (Å²) >= 11 is 0. The lowest BCUT2D eigenvalue weighted by Crippen LogP contribution is -2.50. The van der Waals surface area contributed by atoms with Crippen molar-refractivity contribution in [3.05, 3.63) is 11.6 Å². The van der Waals surface area contributed by atoms with Crippen molar-refractivity contribution in [2.45, 2.75) is 65.7 Å². The van der Waals surface area contributed by atoms with Gasteiger partial charge in [0.1, 0.15) is 5.78 Å². The summed E-state index contributed by atoms with van der Waals surface area (Å²) in [6, 6.07) is 0. The van der Waals surface area contributed by atoms with Gasteiger partial charge in [0.05, 0.1) is 5.41 Å². The number of hydrogen-bond acceptors (Lipinski definition) is 1. The van der Waals surface area contributed by atoms with Gasteiger partial charge in [0, 0.05) is 12.3 Å². The van der Waals surface area contributed by atoms with Crippen molar-refractivity contribution in [3.63, 3.8) is 0 Å². The zero-order valence-corrected chi connectivity index (χ0v) is 13.1. The van der Waals surface area contributed by atoms with Gasteiger partial charge in [-0.1, -0.05) is 25.8 Å². The molecule has 20 heavy (non-hydrogen) atoms. The van der Waals surface area contributed by atoms with Gasteiger partial charge in [-0.15, -0.1) is 5.92 Å². The van der Waals surface area contributed by atoms with Crippen molar-refractivity contribution in [3.8, 4) is 11.8 Å². The monoisotopic (exact) mass is 270 g/mol. The van der Waals surface area contributed by atoms with Crippen LogP contribution >= 0.6 is 0 Å². The zero-order chi connectivity index (χ0) is 14.4. The highest BCUT2D eigenvalue weighted by atomic mass is 16.1. The number of carbonyl (C=O) groups excluding carboxylic acids is 1. The summed E-state index contributed by atoms with van der Waals surface area (Å²) in [5, 5.41) is 0. The van der Waals surface area contributed by atoms with E-state index in [2.05, 4.69) is 31.8 Å². The molecule has 0 spiro atoms. The van der Waals surface area contributed by atoms with E-state index in [0.717, 1.165) is 19.3 Å². The lowest BCUT2D eigenvalue weighted by atomic mass is 9.47. The molecule has 2 saturated carbocycles. The molecular formula is C19H26O. The molecule has 3 aliphatic carbocycles. The molecule has 3 rings (SSSR count). The molecular weight excluding hydrogens is 244 g/mol. The average Bonchev–Trinajstić information content (AvgIpc) is 2.44. The van der Waals surface area contributed by atoms with Crippen LogP contribution in [0.3, 0.4) is 0 Å². The van der Waals surface area contributed by atoms with Crippen LogP contribution in [-0.2, 0) is 4.79 Å². The minimum atomic E-state index is 0.137. The highest BCUT2D eigenvalue weighted by Gasteiger charge is 2.55. The first-order valence-electron chi connectivity index (χ1n) is 8.21. The summed E-state index contributed by atoms with van der Waals surface area (Å²) in [7, 11) is 0. The van der Waals surface area contributed by atoms with Crippen molar-refractivity contribution >= 4 is 5.78 Å². The Hall–Kier alpha value is -1.03. The summed E-state index contributed by atoms with van der Waals surface area (Å²) in [4.78, 5) is 12.1. The van der Waals surface area contributed by atoms with E-state index >= 15 is 0 Å². The fourth-order valence-corrected chi connectivity index (χ4v) is 5.33. The van der Waals surface area contributed by atoms with E-state index in [0.29, 0.717) is 11.7 Å². The topological polar surface area (TPSA) is 17.1 Å². The first kappa shape index (κ1) is 13.9. The van der Waals surface area contributed by atoms with E-state index < -0.39 is 0 Å². The molecule has 4 atom stereocenters. The average molecular weight is 270 g/mol. The summed E-state index contributed by atoms with van der Waals surface area (Å²) in [5.41, 5.74) is 1.95. The van der Waals surface area contributed by atoms with Crippen LogP contribution in [0.15, 0.2) is 11.6 Å². The molecule has 0 amide bonds. The van der Waals surface area contributed by atoms with Crippen LogP contribution < -0.4 is 0 Å². The summed E-state index contributed by atoms with van der Waals surface area (Å²) < 4.78 is 0. The molecule has 0 bridgehead atoms. The van der Waals surface area contributed by atoms with Crippen LogP contribution in [0.25, 0.3) is 0 Å². The predicted molar refractivity (Wildman–Crippen MR) is 82.1 cm³/mol. The molecule has 0 aromatic carbocycles. The lowest BCUT2D eigenvalue weighted by Gasteiger charge is -2.56. The van der Waals surface area contributed by atoms with Crippen molar-refractivity contribution < 1.29 is 4.79 Å². The van der Waals surface area contributed by atoms with E-state index in [9.17, 15) is 4.79 Å². The second-order valence-corrected chi connectivity index (χ2v) is 7.28. The Morgan fingerprint density at radius 1 is 1.30 bits per heavy atom. The van der Waals surface area contributed by atoms with Gasteiger partial charge < -0.3 is 0 Å². The summed E-state index contributed by atoms with van der Waals surface area (Å²) in [6.45, 7) is 6.55. The van der Waals surface area contributed by atoms with Gasteiger partial charge in [0.2, 0.25) is 0 Å². The normalized spacial score (nSPS) is 43.8. The van der Waals surface area contributed by atoms with E-state index in [4.69, 9.17) is 0 Å². The molecule has 108 valence electrons. The van der Waals surface area contributed by atoms with E-state index in [1.807, 2.05) is 6.92 Å². The molecule has 4 unspecified atom stereocenters. The maximum Gasteiger partial charge on any atom is 0.136 e. The molecule has 1 heteroatoms. The van der Waals surface area contributed by atoms with Crippen LogP contribution in [0.1, 0.15) is 65.7 Å². The molecule has 0 N–H and O–H groups in total. The minimum Gasteiger partial charge on any atom is -0.299 e. The van der Waals surface area contributed by atoms with E-state index in [1.165, 1.54) is 25.7 Å². The van der Waals surface area contributed by atoms with Gasteiger partial charge in [-0.05, 0) is 62.4 Å². The van der Waals surface area contributed by atoms with Crippen molar-refractivity contribution in [1.29, 1.82) is 0 Å². The largest absolute Gasteiger partial charge is 0.299 e. The molecule has 2 fully saturated rings. The Kier molecular flexibility index (Phi) is 3.32. The van der Waals surface area contributed by atoms with Gasteiger partial charge in [-0.3, -0.25) is 4.79 Å². The quantitative estimate of drug-likeness (QED) is 0.467. The standard InChI is InChI=1S/C19H26O/c1-4-10-19-11-6-5-7-17(19)18(3)12-9-16(20)14(2)15(18)8-13-19/h7,14-15H,5-6,8-9,11-13H2,1-3H3. The molecule has 3 aliphatic rings. The maximum atomic E-state index is 12.1. The zero-order valence-electron chi connectivity index (χ0n) is 13.1. The fourth-order valence-electron chi connectivity index (χ4n) is 5.33. The maximum absolute atomic E-state index is 12.1. The molecule has 0 saturated heterocycles. The number of rotatable bonds is 0. The van der Waals surface area contributed by atoms with Crippen molar-refractivity contribution in [1.82, 2.24) is 0 Å². The van der Waals surface area contributed by atoms with E-state index in [1.54, 1.807) is 5.57 Å². The van der Waals surface area contributed by atoms with Crippen LogP contribution in [0.5, 0.6) is 0 Å². The Bertz CT molecular complexity index is 518. The van der Waals surface area contributed by atoms with Crippen molar-refractivity contribution in [2.24, 2.45) is 22.7 Å². The number of allylic oxidation sites excluding steroid dienone is 2. The third kappa shape index (κ3) is 1.80. The third-order valence-electron chi connectivity index (χ3n) is 6.35. The second-order valence-electron chi connectivity index (χ2n) is 7.28. The van der Waals surface area contributed by atoms with Gasteiger partial charge in [-0.2, -0.15) is 0 Å². The molecule has 1 nitrogen and oxygen atoms in total. The smallest absolute Gasteiger partial charge is 0.136 e. The number of ketones is 1. The minimum absolute atomic E-state index is 0.137. The van der Waals surface area contributed by atoms with Gasteiger partial charge in [0.15, 0.2) is 0 Å². The molecule has 0 aromatic rings. The van der Waals surface area contributed by atoms with Crippen LogP contribution in [-0.4, -0.2) is 5.78 Å². The number of fused-ring (bicyclic) bond motifs is 3. The summed E-state index contributed by atoms with van der Waals surface area (Å²) in [6.07, 6.45) is 10.3. The fraction of sp³-hybridized carbons (Fsp3) is 0.737.